The maximum atomic E-state index is 12.4. The van der Waals surface area contributed by atoms with Gasteiger partial charge in [-0.2, -0.15) is 9.29 Å². The van der Waals surface area contributed by atoms with E-state index in [4.69, 9.17) is 4.52 Å². The van der Waals surface area contributed by atoms with Gasteiger partial charge in [-0.05, 0) is 5.56 Å². The molecule has 0 N–H and O–H groups in total. The Hall–Kier alpha value is -2.51. The molecule has 0 atom stereocenters. The van der Waals surface area contributed by atoms with Gasteiger partial charge in [0.15, 0.2) is 0 Å². The van der Waals surface area contributed by atoms with Crippen molar-refractivity contribution in [1.29, 1.82) is 0 Å². The first-order valence-corrected chi connectivity index (χ1v) is 9.01. The van der Waals surface area contributed by atoms with Crippen molar-refractivity contribution < 1.29 is 12.9 Å². The summed E-state index contributed by atoms with van der Waals surface area (Å²) in [5, 5.41) is 3.90. The fraction of sp³-hybridized carbons (Fsp3) is 0.176. The van der Waals surface area contributed by atoms with Gasteiger partial charge in [0.1, 0.15) is 0 Å². The van der Waals surface area contributed by atoms with Crippen molar-refractivity contribution in [3.63, 3.8) is 0 Å². The molecule has 3 rings (SSSR count). The molecule has 0 saturated heterocycles. The zero-order valence-electron chi connectivity index (χ0n) is 13.2. The fourth-order valence-corrected chi connectivity index (χ4v) is 3.35. The van der Waals surface area contributed by atoms with Gasteiger partial charge in [0.2, 0.25) is 21.7 Å². The second-order valence-corrected chi connectivity index (χ2v) is 7.45. The molecule has 24 heavy (non-hydrogen) atoms. The van der Waals surface area contributed by atoms with Gasteiger partial charge >= 0.3 is 0 Å². The van der Waals surface area contributed by atoms with Crippen molar-refractivity contribution in [2.24, 2.45) is 0 Å². The van der Waals surface area contributed by atoms with Crippen molar-refractivity contribution in [3.8, 4) is 11.4 Å². The quantitative estimate of drug-likeness (QED) is 0.688. The monoisotopic (exact) mass is 343 g/mol. The second kappa shape index (κ2) is 6.94. The Balaban J connectivity index is 1.70. The van der Waals surface area contributed by atoms with Crippen LogP contribution in [0.4, 0.5) is 0 Å². The third kappa shape index (κ3) is 3.87. The average molecular weight is 343 g/mol. The number of nitrogens with zero attached hydrogens (tertiary/aromatic N) is 3. The smallest absolute Gasteiger partial charge is 0.242 e. The van der Waals surface area contributed by atoms with Crippen molar-refractivity contribution in [3.05, 3.63) is 72.1 Å². The Morgan fingerprint density at radius 2 is 1.62 bits per heavy atom. The van der Waals surface area contributed by atoms with Gasteiger partial charge in [-0.1, -0.05) is 65.8 Å². The summed E-state index contributed by atoms with van der Waals surface area (Å²) in [6.45, 7) is 0.0367. The molecule has 0 aliphatic carbocycles. The molecule has 0 unspecified atom stereocenters. The summed E-state index contributed by atoms with van der Waals surface area (Å²) < 4.78 is 31.2. The van der Waals surface area contributed by atoms with E-state index in [1.54, 1.807) is 12.1 Å². The molecule has 7 heteroatoms. The number of hydrogen-bond donors (Lipinski definition) is 0. The molecule has 0 aliphatic rings. The van der Waals surface area contributed by atoms with E-state index in [1.807, 2.05) is 48.5 Å². The largest absolute Gasteiger partial charge is 0.338 e. The second-order valence-electron chi connectivity index (χ2n) is 5.38. The minimum Gasteiger partial charge on any atom is -0.338 e. The number of sulfonamides is 1. The third-order valence-corrected chi connectivity index (χ3v) is 5.30. The SMILES string of the molecule is CN(Cc1nc(-c2ccccc2)no1)S(=O)(=O)Cc1ccccc1. The molecule has 0 fully saturated rings. The highest BCUT2D eigenvalue weighted by molar-refractivity contribution is 7.88. The molecule has 6 nitrogen and oxygen atoms in total. The minimum absolute atomic E-state index is 0.0367. The third-order valence-electron chi connectivity index (χ3n) is 3.52. The summed E-state index contributed by atoms with van der Waals surface area (Å²) >= 11 is 0. The lowest BCUT2D eigenvalue weighted by molar-refractivity contribution is 0.336. The van der Waals surface area contributed by atoms with Gasteiger partial charge in [0, 0.05) is 12.6 Å². The predicted octanol–water partition coefficient (Wildman–Crippen LogP) is 2.70. The van der Waals surface area contributed by atoms with Crippen molar-refractivity contribution in [2.45, 2.75) is 12.3 Å². The molecule has 0 aliphatic heterocycles. The van der Waals surface area contributed by atoms with E-state index in [2.05, 4.69) is 10.1 Å². The normalized spacial score (nSPS) is 11.8. The van der Waals surface area contributed by atoms with E-state index in [9.17, 15) is 8.42 Å². The first-order chi connectivity index (χ1) is 11.5. The van der Waals surface area contributed by atoms with Crippen molar-refractivity contribution in [1.82, 2.24) is 14.4 Å². The Morgan fingerprint density at radius 3 is 2.29 bits per heavy atom. The van der Waals surface area contributed by atoms with Crippen molar-refractivity contribution >= 4 is 10.0 Å². The van der Waals surface area contributed by atoms with Crippen LogP contribution in [0.1, 0.15) is 11.5 Å². The predicted molar refractivity (Wildman–Crippen MR) is 90.3 cm³/mol. The van der Waals surface area contributed by atoms with Crippen LogP contribution < -0.4 is 0 Å². The van der Waals surface area contributed by atoms with Crippen LogP contribution in [0.5, 0.6) is 0 Å². The summed E-state index contributed by atoms with van der Waals surface area (Å²) in [6, 6.07) is 18.4. The lowest BCUT2D eigenvalue weighted by Gasteiger charge is -2.14. The molecule has 0 saturated carbocycles. The van der Waals surface area contributed by atoms with E-state index in [1.165, 1.54) is 11.4 Å². The summed E-state index contributed by atoms with van der Waals surface area (Å²) in [4.78, 5) is 4.26. The highest BCUT2D eigenvalue weighted by Gasteiger charge is 2.21. The standard InChI is InChI=1S/C17H17N3O3S/c1-20(24(21,22)13-14-8-4-2-5-9-14)12-16-18-17(19-23-16)15-10-6-3-7-11-15/h2-11H,12-13H2,1H3. The molecule has 3 aromatic rings. The van der Waals surface area contributed by atoms with Crippen LogP contribution >= 0.6 is 0 Å². The molecule has 0 radical (unpaired) electrons. The lowest BCUT2D eigenvalue weighted by Crippen LogP contribution is -2.27. The average Bonchev–Trinajstić information content (AvgIpc) is 3.05. The van der Waals surface area contributed by atoms with Crippen LogP contribution in [0.3, 0.4) is 0 Å². The molecule has 0 bridgehead atoms. The molecule has 0 spiro atoms. The molecule has 1 heterocycles. The zero-order valence-corrected chi connectivity index (χ0v) is 14.0. The van der Waals surface area contributed by atoms with Crippen LogP contribution in [0.25, 0.3) is 11.4 Å². The minimum atomic E-state index is -3.46. The van der Waals surface area contributed by atoms with Gasteiger partial charge in [0.05, 0.1) is 12.3 Å². The van der Waals surface area contributed by atoms with E-state index >= 15 is 0 Å². The van der Waals surface area contributed by atoms with Crippen LogP contribution in [0, 0.1) is 0 Å². The molecule has 0 amide bonds. The lowest BCUT2D eigenvalue weighted by atomic mass is 10.2. The topological polar surface area (TPSA) is 76.3 Å². The van der Waals surface area contributed by atoms with E-state index < -0.39 is 10.0 Å². The van der Waals surface area contributed by atoms with Gasteiger partial charge in [-0.3, -0.25) is 0 Å². The Bertz CT molecular complexity index is 893. The summed E-state index contributed by atoms with van der Waals surface area (Å²) in [5.41, 5.74) is 1.56. The number of aromatic nitrogens is 2. The Morgan fingerprint density at radius 1 is 1.00 bits per heavy atom. The van der Waals surface area contributed by atoms with Gasteiger partial charge in [-0.25, -0.2) is 8.42 Å². The summed E-state index contributed by atoms with van der Waals surface area (Å²) in [6.07, 6.45) is 0. The summed E-state index contributed by atoms with van der Waals surface area (Å²) in [7, 11) is -1.96. The van der Waals surface area contributed by atoms with Gasteiger partial charge < -0.3 is 4.52 Å². The van der Waals surface area contributed by atoms with E-state index in [0.29, 0.717) is 5.82 Å². The van der Waals surface area contributed by atoms with Crippen LogP contribution in [0.15, 0.2) is 65.2 Å². The first kappa shape index (κ1) is 16.4. The first-order valence-electron chi connectivity index (χ1n) is 7.40. The van der Waals surface area contributed by atoms with Crippen LogP contribution in [-0.4, -0.2) is 29.9 Å². The van der Waals surface area contributed by atoms with Crippen LogP contribution in [0.2, 0.25) is 0 Å². The molecule has 124 valence electrons. The van der Waals surface area contributed by atoms with Crippen LogP contribution in [-0.2, 0) is 22.3 Å². The molecule has 1 aromatic heterocycles. The maximum Gasteiger partial charge on any atom is 0.242 e. The van der Waals surface area contributed by atoms with E-state index in [0.717, 1.165) is 11.1 Å². The van der Waals surface area contributed by atoms with Crippen molar-refractivity contribution in [2.75, 3.05) is 7.05 Å². The fourth-order valence-electron chi connectivity index (χ4n) is 2.21. The zero-order chi connectivity index (χ0) is 17.0. The van der Waals surface area contributed by atoms with Gasteiger partial charge in [0.25, 0.3) is 0 Å². The molecular weight excluding hydrogens is 326 g/mol. The molecule has 2 aromatic carbocycles. The molecular formula is C17H17N3O3S. The number of rotatable bonds is 6. The Kier molecular flexibility index (Phi) is 4.73. The highest BCUT2D eigenvalue weighted by Crippen LogP contribution is 2.17. The maximum absolute atomic E-state index is 12.4. The van der Waals surface area contributed by atoms with Gasteiger partial charge in [-0.15, -0.1) is 0 Å². The highest BCUT2D eigenvalue weighted by atomic mass is 32.2. The number of hydrogen-bond acceptors (Lipinski definition) is 5. The number of benzene rings is 2. The summed E-state index contributed by atoms with van der Waals surface area (Å²) in [5.74, 6) is 0.636. The van der Waals surface area contributed by atoms with E-state index in [-0.39, 0.29) is 18.2 Å². The Labute approximate surface area is 140 Å².